The summed E-state index contributed by atoms with van der Waals surface area (Å²) >= 11 is 0. The molecule has 4 N–H and O–H groups in total. The van der Waals surface area contributed by atoms with E-state index < -0.39 is 5.91 Å². The van der Waals surface area contributed by atoms with Crippen LogP contribution in [0.15, 0.2) is 30.6 Å². The molecular weight excluding hydrogens is 228 g/mol. The summed E-state index contributed by atoms with van der Waals surface area (Å²) in [5, 5.41) is 0. The number of imidazole rings is 1. The Kier molecular flexibility index (Phi) is 3.32. The van der Waals surface area contributed by atoms with E-state index >= 15 is 0 Å². The molecule has 2 aromatic rings. The van der Waals surface area contributed by atoms with Crippen molar-refractivity contribution < 1.29 is 4.79 Å². The van der Waals surface area contributed by atoms with Gasteiger partial charge in [-0.1, -0.05) is 6.92 Å². The zero-order chi connectivity index (χ0) is 13.1. The number of rotatable bonds is 4. The zero-order valence-electron chi connectivity index (χ0n) is 10.3. The second-order valence-electron chi connectivity index (χ2n) is 4.10. The number of hydrogen-bond donors (Lipinski definition) is 2. The molecule has 1 aromatic heterocycles. The minimum atomic E-state index is -0.479. The third-order valence-corrected chi connectivity index (χ3v) is 2.76. The topological polar surface area (TPSA) is 86.9 Å². The summed E-state index contributed by atoms with van der Waals surface area (Å²) in [4.78, 5) is 15.4. The number of aromatic nitrogens is 2. The highest BCUT2D eigenvalue weighted by atomic mass is 16.1. The van der Waals surface area contributed by atoms with Crippen LogP contribution in [-0.2, 0) is 6.42 Å². The summed E-state index contributed by atoms with van der Waals surface area (Å²) in [6, 6.07) is 5.05. The SMILES string of the molecule is CCCc1nccn1-c1ccc(C(N)=O)cc1N. The van der Waals surface area contributed by atoms with Crippen molar-refractivity contribution in [3.05, 3.63) is 42.0 Å². The van der Waals surface area contributed by atoms with Crippen molar-refractivity contribution in [3.8, 4) is 5.69 Å². The molecule has 0 aliphatic carbocycles. The van der Waals surface area contributed by atoms with E-state index in [-0.39, 0.29) is 0 Å². The minimum Gasteiger partial charge on any atom is -0.397 e. The first kappa shape index (κ1) is 12.2. The van der Waals surface area contributed by atoms with Crippen molar-refractivity contribution in [2.45, 2.75) is 19.8 Å². The number of carbonyl (C=O) groups is 1. The predicted molar refractivity (Wildman–Crippen MR) is 70.5 cm³/mol. The van der Waals surface area contributed by atoms with E-state index in [4.69, 9.17) is 11.5 Å². The van der Waals surface area contributed by atoms with Crippen LogP contribution in [0.3, 0.4) is 0 Å². The van der Waals surface area contributed by atoms with E-state index in [2.05, 4.69) is 11.9 Å². The molecule has 5 nitrogen and oxygen atoms in total. The highest BCUT2D eigenvalue weighted by molar-refractivity contribution is 5.94. The second kappa shape index (κ2) is 4.91. The molecule has 0 unspecified atom stereocenters. The van der Waals surface area contributed by atoms with Crippen LogP contribution in [0.4, 0.5) is 5.69 Å². The van der Waals surface area contributed by atoms with Crippen molar-refractivity contribution in [2.75, 3.05) is 5.73 Å². The van der Waals surface area contributed by atoms with Gasteiger partial charge in [0, 0.05) is 24.4 Å². The molecular formula is C13H16N4O. The van der Waals surface area contributed by atoms with Gasteiger partial charge >= 0.3 is 0 Å². The van der Waals surface area contributed by atoms with E-state index in [1.165, 1.54) is 0 Å². The lowest BCUT2D eigenvalue weighted by atomic mass is 10.1. The van der Waals surface area contributed by atoms with Crippen molar-refractivity contribution >= 4 is 11.6 Å². The third kappa shape index (κ3) is 2.20. The first-order valence-electron chi connectivity index (χ1n) is 5.85. The summed E-state index contributed by atoms with van der Waals surface area (Å²) in [5.74, 6) is 0.476. The van der Waals surface area contributed by atoms with Crippen LogP contribution in [0.2, 0.25) is 0 Å². The Bertz CT molecular complexity index is 574. The Balaban J connectivity index is 2.44. The fraction of sp³-hybridized carbons (Fsp3) is 0.231. The van der Waals surface area contributed by atoms with Gasteiger partial charge in [0.2, 0.25) is 5.91 Å². The average molecular weight is 244 g/mol. The Morgan fingerprint density at radius 3 is 2.83 bits per heavy atom. The van der Waals surface area contributed by atoms with Gasteiger partial charge in [-0.2, -0.15) is 0 Å². The van der Waals surface area contributed by atoms with Crippen LogP contribution in [-0.4, -0.2) is 15.5 Å². The molecule has 0 fully saturated rings. The summed E-state index contributed by atoms with van der Waals surface area (Å²) in [6.07, 6.45) is 5.49. The molecule has 2 rings (SSSR count). The number of nitrogens with zero attached hydrogens (tertiary/aromatic N) is 2. The molecule has 1 aromatic carbocycles. The largest absolute Gasteiger partial charge is 0.397 e. The fourth-order valence-electron chi connectivity index (χ4n) is 1.89. The van der Waals surface area contributed by atoms with Crippen molar-refractivity contribution in [1.29, 1.82) is 0 Å². The molecule has 5 heteroatoms. The Hall–Kier alpha value is -2.30. The number of nitrogen functional groups attached to an aromatic ring is 1. The first-order chi connectivity index (χ1) is 8.63. The summed E-state index contributed by atoms with van der Waals surface area (Å²) in [6.45, 7) is 2.10. The predicted octanol–water partition coefficient (Wildman–Crippen LogP) is 1.51. The maximum atomic E-state index is 11.1. The highest BCUT2D eigenvalue weighted by Crippen LogP contribution is 2.20. The molecule has 1 amide bonds. The van der Waals surface area contributed by atoms with Gasteiger partial charge in [0.15, 0.2) is 0 Å². The summed E-state index contributed by atoms with van der Waals surface area (Å²) in [7, 11) is 0. The third-order valence-electron chi connectivity index (χ3n) is 2.76. The Morgan fingerprint density at radius 1 is 1.44 bits per heavy atom. The lowest BCUT2D eigenvalue weighted by Crippen LogP contribution is -2.12. The molecule has 1 heterocycles. The van der Waals surface area contributed by atoms with E-state index in [0.29, 0.717) is 11.3 Å². The van der Waals surface area contributed by atoms with Crippen LogP contribution in [0.5, 0.6) is 0 Å². The number of aryl methyl sites for hydroxylation is 1. The average Bonchev–Trinajstić information content (AvgIpc) is 2.77. The van der Waals surface area contributed by atoms with Crippen LogP contribution in [0, 0.1) is 0 Å². The number of benzene rings is 1. The lowest BCUT2D eigenvalue weighted by molar-refractivity contribution is 0.100. The van der Waals surface area contributed by atoms with Crippen molar-refractivity contribution in [3.63, 3.8) is 0 Å². The number of anilines is 1. The zero-order valence-corrected chi connectivity index (χ0v) is 10.3. The van der Waals surface area contributed by atoms with Crippen LogP contribution in [0.1, 0.15) is 29.5 Å². The Morgan fingerprint density at radius 2 is 2.22 bits per heavy atom. The minimum absolute atomic E-state index is 0.411. The quantitative estimate of drug-likeness (QED) is 0.799. The molecule has 18 heavy (non-hydrogen) atoms. The van der Waals surface area contributed by atoms with E-state index in [1.807, 2.05) is 10.8 Å². The van der Waals surface area contributed by atoms with Crippen molar-refractivity contribution in [1.82, 2.24) is 9.55 Å². The van der Waals surface area contributed by atoms with Crippen LogP contribution in [0.25, 0.3) is 5.69 Å². The number of hydrogen-bond acceptors (Lipinski definition) is 3. The fourth-order valence-corrected chi connectivity index (χ4v) is 1.89. The summed E-state index contributed by atoms with van der Waals surface area (Å²) in [5.41, 5.74) is 12.9. The van der Waals surface area contributed by atoms with Gasteiger partial charge in [0.1, 0.15) is 5.82 Å². The van der Waals surface area contributed by atoms with Gasteiger partial charge in [0.05, 0.1) is 11.4 Å². The molecule has 94 valence electrons. The van der Waals surface area contributed by atoms with E-state index in [0.717, 1.165) is 24.4 Å². The maximum Gasteiger partial charge on any atom is 0.248 e. The molecule has 0 aliphatic heterocycles. The molecule has 0 bridgehead atoms. The van der Waals surface area contributed by atoms with E-state index in [1.54, 1.807) is 24.4 Å². The van der Waals surface area contributed by atoms with Gasteiger partial charge in [-0.05, 0) is 24.6 Å². The van der Waals surface area contributed by atoms with Crippen molar-refractivity contribution in [2.24, 2.45) is 5.73 Å². The molecule has 0 radical (unpaired) electrons. The maximum absolute atomic E-state index is 11.1. The van der Waals surface area contributed by atoms with Crippen LogP contribution >= 0.6 is 0 Å². The number of carbonyl (C=O) groups excluding carboxylic acids is 1. The number of primary amides is 1. The highest BCUT2D eigenvalue weighted by Gasteiger charge is 2.09. The normalized spacial score (nSPS) is 10.5. The molecule has 0 atom stereocenters. The van der Waals surface area contributed by atoms with Gasteiger partial charge in [-0.3, -0.25) is 4.79 Å². The standard InChI is InChI=1S/C13H16N4O/c1-2-3-12-16-6-7-17(12)11-5-4-9(13(15)18)8-10(11)14/h4-8H,2-3,14H2,1H3,(H2,15,18). The molecule has 0 saturated heterocycles. The van der Waals surface area contributed by atoms with Gasteiger partial charge in [-0.25, -0.2) is 4.98 Å². The smallest absolute Gasteiger partial charge is 0.248 e. The molecule has 0 spiro atoms. The number of nitrogens with two attached hydrogens (primary N) is 2. The van der Waals surface area contributed by atoms with E-state index in [9.17, 15) is 4.79 Å². The monoisotopic (exact) mass is 244 g/mol. The summed E-state index contributed by atoms with van der Waals surface area (Å²) < 4.78 is 1.93. The Labute approximate surface area is 105 Å². The first-order valence-corrected chi connectivity index (χ1v) is 5.85. The molecule has 0 saturated carbocycles. The molecule has 0 aliphatic rings. The lowest BCUT2D eigenvalue weighted by Gasteiger charge is -2.11. The van der Waals surface area contributed by atoms with Gasteiger partial charge < -0.3 is 16.0 Å². The van der Waals surface area contributed by atoms with Crippen LogP contribution < -0.4 is 11.5 Å². The second-order valence-corrected chi connectivity index (χ2v) is 4.10. The number of amides is 1. The van der Waals surface area contributed by atoms with Gasteiger partial charge in [-0.15, -0.1) is 0 Å². The van der Waals surface area contributed by atoms with Gasteiger partial charge in [0.25, 0.3) is 0 Å².